The van der Waals surface area contributed by atoms with Gasteiger partial charge in [-0.05, 0) is 47.9 Å². The molecule has 1 aromatic heterocycles. The molecule has 3 rings (SSSR count). The molecule has 0 bridgehead atoms. The number of benzene rings is 1. The third kappa shape index (κ3) is 3.33. The van der Waals surface area contributed by atoms with Gasteiger partial charge in [0.05, 0.1) is 6.54 Å². The second kappa shape index (κ2) is 6.27. The van der Waals surface area contributed by atoms with E-state index in [4.69, 9.17) is 11.6 Å². The Morgan fingerprint density at radius 3 is 2.86 bits per heavy atom. The summed E-state index contributed by atoms with van der Waals surface area (Å²) in [4.78, 5) is 15.2. The first-order valence-corrected chi connectivity index (χ1v) is 7.49. The fourth-order valence-corrected chi connectivity index (χ4v) is 2.41. The molecule has 22 heavy (non-hydrogen) atoms. The molecule has 0 spiro atoms. The van der Waals surface area contributed by atoms with Gasteiger partial charge in [0.2, 0.25) is 5.91 Å². The van der Waals surface area contributed by atoms with Crippen molar-refractivity contribution < 1.29 is 4.79 Å². The fourth-order valence-electron chi connectivity index (χ4n) is 2.22. The number of carbonyl (C=O) groups is 1. The molecule has 1 amide bonds. The quantitative estimate of drug-likeness (QED) is 0.808. The molecular formula is C15H16ClN5O. The van der Waals surface area contributed by atoms with E-state index in [0.29, 0.717) is 17.4 Å². The lowest BCUT2D eigenvalue weighted by Crippen LogP contribution is -2.40. The van der Waals surface area contributed by atoms with Crippen LogP contribution in [-0.2, 0) is 11.3 Å². The third-order valence-electron chi connectivity index (χ3n) is 3.54. The van der Waals surface area contributed by atoms with Crippen molar-refractivity contribution in [2.75, 3.05) is 13.1 Å². The summed E-state index contributed by atoms with van der Waals surface area (Å²) in [6, 6.07) is 5.55. The van der Waals surface area contributed by atoms with E-state index in [1.54, 1.807) is 19.1 Å². The highest BCUT2D eigenvalue weighted by molar-refractivity contribution is 6.30. The highest BCUT2D eigenvalue weighted by Crippen LogP contribution is 2.19. The van der Waals surface area contributed by atoms with E-state index in [9.17, 15) is 4.79 Å². The minimum Gasteiger partial charge on any atom is -0.339 e. The van der Waals surface area contributed by atoms with Gasteiger partial charge < -0.3 is 4.90 Å². The van der Waals surface area contributed by atoms with E-state index in [0.717, 1.165) is 30.6 Å². The molecule has 1 fully saturated rings. The summed E-state index contributed by atoms with van der Waals surface area (Å²) < 4.78 is 0. The van der Waals surface area contributed by atoms with Gasteiger partial charge in [0.25, 0.3) is 0 Å². The molecule has 0 aliphatic carbocycles. The lowest BCUT2D eigenvalue weighted by Gasteiger charge is -2.29. The number of aromatic nitrogens is 4. The van der Waals surface area contributed by atoms with Crippen LogP contribution in [0, 0.1) is 6.92 Å². The van der Waals surface area contributed by atoms with Crippen molar-refractivity contribution in [2.45, 2.75) is 19.9 Å². The van der Waals surface area contributed by atoms with Crippen LogP contribution in [0.3, 0.4) is 0 Å². The zero-order valence-corrected chi connectivity index (χ0v) is 13.0. The highest BCUT2D eigenvalue weighted by Gasteiger charge is 2.17. The summed E-state index contributed by atoms with van der Waals surface area (Å²) in [5.41, 5.74) is 1.87. The van der Waals surface area contributed by atoms with E-state index < -0.39 is 0 Å². The van der Waals surface area contributed by atoms with Crippen molar-refractivity contribution in [1.29, 1.82) is 0 Å². The summed E-state index contributed by atoms with van der Waals surface area (Å²) >= 11 is 6.07. The minimum atomic E-state index is 0.0434. The van der Waals surface area contributed by atoms with Crippen LogP contribution in [0.25, 0.3) is 6.08 Å². The average molecular weight is 318 g/mol. The Hall–Kier alpha value is -2.21. The Bertz CT molecular complexity index is 720. The molecule has 1 saturated heterocycles. The van der Waals surface area contributed by atoms with Gasteiger partial charge in [-0.25, -0.2) is 0 Å². The van der Waals surface area contributed by atoms with Crippen LogP contribution in [0.2, 0.25) is 5.02 Å². The van der Waals surface area contributed by atoms with E-state index in [1.807, 2.05) is 23.1 Å². The van der Waals surface area contributed by atoms with Crippen molar-refractivity contribution in [3.8, 4) is 0 Å². The van der Waals surface area contributed by atoms with Crippen molar-refractivity contribution in [1.82, 2.24) is 25.1 Å². The zero-order chi connectivity index (χ0) is 15.5. The largest absolute Gasteiger partial charge is 0.339 e. The number of hydrogen-bond acceptors (Lipinski definition) is 4. The molecule has 6 nitrogen and oxygen atoms in total. The Labute approximate surface area is 133 Å². The molecule has 7 heteroatoms. The van der Waals surface area contributed by atoms with Crippen LogP contribution in [0.4, 0.5) is 0 Å². The van der Waals surface area contributed by atoms with Gasteiger partial charge in [0.15, 0.2) is 5.82 Å². The van der Waals surface area contributed by atoms with Crippen LogP contribution < -0.4 is 0 Å². The highest BCUT2D eigenvalue weighted by atomic mass is 35.5. The summed E-state index contributed by atoms with van der Waals surface area (Å²) in [5.74, 6) is 0.661. The molecular weight excluding hydrogens is 302 g/mol. The van der Waals surface area contributed by atoms with Gasteiger partial charge >= 0.3 is 0 Å². The summed E-state index contributed by atoms with van der Waals surface area (Å²) in [5, 5.41) is 12.6. The van der Waals surface area contributed by atoms with Gasteiger partial charge in [-0.3, -0.25) is 4.79 Å². The third-order valence-corrected chi connectivity index (χ3v) is 3.78. The first-order chi connectivity index (χ1) is 10.6. The maximum atomic E-state index is 11.9. The Kier molecular flexibility index (Phi) is 4.20. The normalized spacial score (nSPS) is 14.4. The molecule has 1 aliphatic heterocycles. The number of amides is 1. The zero-order valence-electron chi connectivity index (χ0n) is 12.2. The summed E-state index contributed by atoms with van der Waals surface area (Å²) in [7, 11) is 0. The fraction of sp³-hybridized carbons (Fsp3) is 0.333. The number of rotatable bonds is 4. The van der Waals surface area contributed by atoms with E-state index in [2.05, 4.69) is 15.4 Å². The number of likely N-dealkylation sites (tertiary alicyclic amines) is 1. The maximum Gasteiger partial charge on any atom is 0.246 e. The second-order valence-electron chi connectivity index (χ2n) is 5.22. The van der Waals surface area contributed by atoms with Gasteiger partial charge in [0, 0.05) is 24.2 Å². The second-order valence-corrected chi connectivity index (χ2v) is 5.66. The lowest BCUT2D eigenvalue weighted by molar-refractivity contribution is -0.129. The molecule has 2 aromatic rings. The minimum absolute atomic E-state index is 0.0434. The van der Waals surface area contributed by atoms with Crippen LogP contribution >= 0.6 is 11.6 Å². The molecule has 0 atom stereocenters. The molecule has 2 heterocycles. The Morgan fingerprint density at radius 1 is 1.41 bits per heavy atom. The molecule has 1 aromatic carbocycles. The predicted octanol–water partition coefficient (Wildman–Crippen LogP) is 1.93. The first-order valence-electron chi connectivity index (χ1n) is 7.11. The topological polar surface area (TPSA) is 63.9 Å². The van der Waals surface area contributed by atoms with E-state index in [-0.39, 0.29) is 5.91 Å². The Balaban J connectivity index is 1.80. The summed E-state index contributed by atoms with van der Waals surface area (Å²) in [6.07, 6.45) is 4.51. The van der Waals surface area contributed by atoms with Crippen molar-refractivity contribution in [3.63, 3.8) is 0 Å². The number of hydrogen-bond donors (Lipinski definition) is 0. The smallest absolute Gasteiger partial charge is 0.246 e. The van der Waals surface area contributed by atoms with Gasteiger partial charge in [-0.1, -0.05) is 17.7 Å². The molecule has 0 radical (unpaired) electrons. The monoisotopic (exact) mass is 317 g/mol. The molecule has 0 N–H and O–H groups in total. The van der Waals surface area contributed by atoms with Crippen molar-refractivity contribution >= 4 is 23.6 Å². The van der Waals surface area contributed by atoms with Crippen LogP contribution in [0.5, 0.6) is 0 Å². The number of halogens is 1. The van der Waals surface area contributed by atoms with E-state index in [1.165, 1.54) is 4.80 Å². The van der Waals surface area contributed by atoms with Crippen molar-refractivity contribution in [2.24, 2.45) is 0 Å². The van der Waals surface area contributed by atoms with Gasteiger partial charge in [-0.2, -0.15) is 4.80 Å². The summed E-state index contributed by atoms with van der Waals surface area (Å²) in [6.45, 7) is 3.94. The SMILES string of the molecule is Cc1nnn(Cc2cc(Cl)ccc2C=CC(=O)N2CCC2)n1. The lowest BCUT2D eigenvalue weighted by atomic mass is 10.1. The first kappa shape index (κ1) is 14.7. The van der Waals surface area contributed by atoms with Crippen LogP contribution in [0.15, 0.2) is 24.3 Å². The van der Waals surface area contributed by atoms with Crippen LogP contribution in [-0.4, -0.2) is 44.1 Å². The molecule has 114 valence electrons. The molecule has 1 aliphatic rings. The van der Waals surface area contributed by atoms with Crippen LogP contribution in [0.1, 0.15) is 23.4 Å². The van der Waals surface area contributed by atoms with Crippen molar-refractivity contribution in [3.05, 3.63) is 46.2 Å². The number of carbonyl (C=O) groups excluding carboxylic acids is 1. The number of nitrogens with zero attached hydrogens (tertiary/aromatic N) is 5. The Morgan fingerprint density at radius 2 is 2.23 bits per heavy atom. The van der Waals surface area contributed by atoms with E-state index >= 15 is 0 Å². The maximum absolute atomic E-state index is 11.9. The average Bonchev–Trinajstić information content (AvgIpc) is 2.81. The van der Waals surface area contributed by atoms with Gasteiger partial charge in [-0.15, -0.1) is 10.2 Å². The predicted molar refractivity (Wildman–Crippen MR) is 83.3 cm³/mol. The molecule has 0 unspecified atom stereocenters. The number of aryl methyl sites for hydroxylation is 1. The molecule has 0 saturated carbocycles. The number of tetrazole rings is 1. The standard InChI is InChI=1S/C15H16ClN5O/c1-11-17-19-21(18-11)10-13-9-14(16)5-3-12(13)4-6-15(22)20-7-2-8-20/h3-6,9H,2,7-8,10H2,1H3. The van der Waals surface area contributed by atoms with Gasteiger partial charge in [0.1, 0.15) is 0 Å².